The first-order chi connectivity index (χ1) is 6.52. The maximum Gasteiger partial charge on any atom is 0.223 e. The molecule has 0 heterocycles. The average molecular weight is 262 g/mol. The summed E-state index contributed by atoms with van der Waals surface area (Å²) in [6, 6.07) is 0. The highest BCUT2D eigenvalue weighted by Gasteiger charge is 2.41. The zero-order chi connectivity index (χ0) is 10.8. The van der Waals surface area contributed by atoms with E-state index in [1.165, 1.54) is 0 Å². The van der Waals surface area contributed by atoms with Crippen LogP contribution in [-0.2, 0) is 4.79 Å². The van der Waals surface area contributed by atoms with Crippen LogP contribution in [0.1, 0.15) is 40.0 Å². The molecule has 1 aliphatic rings. The highest BCUT2D eigenvalue weighted by Crippen LogP contribution is 2.38. The summed E-state index contributed by atoms with van der Waals surface area (Å²) >= 11 is 3.43. The molecule has 0 saturated heterocycles. The van der Waals surface area contributed by atoms with Crippen LogP contribution in [0.15, 0.2) is 0 Å². The van der Waals surface area contributed by atoms with E-state index >= 15 is 0 Å². The molecular weight excluding hydrogens is 242 g/mol. The molecule has 1 saturated carbocycles. The van der Waals surface area contributed by atoms with Gasteiger partial charge < -0.3 is 5.32 Å². The van der Waals surface area contributed by atoms with Crippen molar-refractivity contribution in [2.75, 3.05) is 5.33 Å². The Balaban J connectivity index is 2.43. The van der Waals surface area contributed by atoms with Gasteiger partial charge >= 0.3 is 0 Å². The first-order valence-electron chi connectivity index (χ1n) is 5.40. The third kappa shape index (κ3) is 2.97. The van der Waals surface area contributed by atoms with Crippen LogP contribution in [0.25, 0.3) is 0 Å². The predicted molar refractivity (Wildman–Crippen MR) is 62.5 cm³/mol. The molecule has 14 heavy (non-hydrogen) atoms. The molecule has 0 aromatic carbocycles. The van der Waals surface area contributed by atoms with E-state index in [4.69, 9.17) is 0 Å². The van der Waals surface area contributed by atoms with Gasteiger partial charge in [-0.3, -0.25) is 4.79 Å². The first-order valence-corrected chi connectivity index (χ1v) is 6.52. The van der Waals surface area contributed by atoms with Gasteiger partial charge in [0.2, 0.25) is 5.91 Å². The summed E-state index contributed by atoms with van der Waals surface area (Å²) < 4.78 is 0. The van der Waals surface area contributed by atoms with Crippen molar-refractivity contribution in [3.8, 4) is 0 Å². The molecule has 3 atom stereocenters. The molecule has 3 unspecified atom stereocenters. The van der Waals surface area contributed by atoms with Crippen LogP contribution >= 0.6 is 15.9 Å². The van der Waals surface area contributed by atoms with Crippen LogP contribution in [-0.4, -0.2) is 16.8 Å². The number of alkyl halides is 1. The first kappa shape index (κ1) is 12.0. The molecular formula is C11H20BrNO. The molecule has 0 aliphatic heterocycles. The number of nitrogens with one attached hydrogen (secondary N) is 1. The normalized spacial score (nSPS) is 29.4. The van der Waals surface area contributed by atoms with E-state index in [1.54, 1.807) is 0 Å². The lowest BCUT2D eigenvalue weighted by Crippen LogP contribution is -2.46. The lowest BCUT2D eigenvalue weighted by atomic mass is 9.95. The minimum atomic E-state index is -0.0249. The quantitative estimate of drug-likeness (QED) is 0.758. The van der Waals surface area contributed by atoms with Crippen molar-refractivity contribution in [2.24, 2.45) is 11.8 Å². The molecule has 0 aromatic heterocycles. The van der Waals surface area contributed by atoms with Crippen molar-refractivity contribution >= 4 is 21.8 Å². The maximum atomic E-state index is 11.7. The number of rotatable bonds is 5. The van der Waals surface area contributed by atoms with Gasteiger partial charge in [0, 0.05) is 16.8 Å². The lowest BCUT2D eigenvalue weighted by Gasteiger charge is -2.29. The molecule has 1 rings (SSSR count). The molecule has 0 bridgehead atoms. The summed E-state index contributed by atoms with van der Waals surface area (Å²) in [7, 11) is 0. The summed E-state index contributed by atoms with van der Waals surface area (Å²) in [5, 5.41) is 4.11. The van der Waals surface area contributed by atoms with Gasteiger partial charge in [-0.2, -0.15) is 0 Å². The molecule has 1 fully saturated rings. The van der Waals surface area contributed by atoms with Gasteiger partial charge in [-0.15, -0.1) is 0 Å². The molecule has 0 aromatic rings. The minimum absolute atomic E-state index is 0.0249. The number of halogens is 1. The molecule has 2 nitrogen and oxygen atoms in total. The molecule has 82 valence electrons. The van der Waals surface area contributed by atoms with Crippen LogP contribution in [0.3, 0.4) is 0 Å². The zero-order valence-corrected chi connectivity index (χ0v) is 10.9. The van der Waals surface area contributed by atoms with Crippen molar-refractivity contribution in [3.05, 3.63) is 0 Å². The molecule has 0 spiro atoms. The Kier molecular flexibility index (Phi) is 3.99. The summed E-state index contributed by atoms with van der Waals surface area (Å²) in [5.41, 5.74) is -0.0249. The SMILES string of the molecule is CCC(C)(CCBr)NC(=O)C1CC1C. The van der Waals surface area contributed by atoms with Gasteiger partial charge in [0.15, 0.2) is 0 Å². The average Bonchev–Trinajstić information content (AvgIpc) is 2.83. The smallest absolute Gasteiger partial charge is 0.223 e. The van der Waals surface area contributed by atoms with Crippen LogP contribution in [0.4, 0.5) is 0 Å². The van der Waals surface area contributed by atoms with Crippen LogP contribution in [0, 0.1) is 11.8 Å². The highest BCUT2D eigenvalue weighted by atomic mass is 79.9. The fourth-order valence-corrected chi connectivity index (χ4v) is 2.49. The maximum absolute atomic E-state index is 11.7. The van der Waals surface area contributed by atoms with Crippen LogP contribution in [0.5, 0.6) is 0 Å². The number of carbonyl (C=O) groups is 1. The second-order valence-electron chi connectivity index (χ2n) is 4.66. The third-order valence-electron chi connectivity index (χ3n) is 3.30. The Morgan fingerprint density at radius 3 is 2.57 bits per heavy atom. The van der Waals surface area contributed by atoms with E-state index in [0.29, 0.717) is 5.92 Å². The number of hydrogen-bond acceptors (Lipinski definition) is 1. The van der Waals surface area contributed by atoms with Crippen molar-refractivity contribution in [1.29, 1.82) is 0 Å². The monoisotopic (exact) mass is 261 g/mol. The lowest BCUT2D eigenvalue weighted by molar-refractivity contribution is -0.124. The van der Waals surface area contributed by atoms with E-state index in [1.807, 2.05) is 0 Å². The predicted octanol–water partition coefficient (Wildman–Crippen LogP) is 2.71. The van der Waals surface area contributed by atoms with Crippen LogP contribution < -0.4 is 5.32 Å². The van der Waals surface area contributed by atoms with E-state index in [9.17, 15) is 4.79 Å². The van der Waals surface area contributed by atoms with Gasteiger partial charge in [0.1, 0.15) is 0 Å². The number of amides is 1. The number of carbonyl (C=O) groups excluding carboxylic acids is 1. The number of hydrogen-bond donors (Lipinski definition) is 1. The summed E-state index contributed by atoms with van der Waals surface area (Å²) in [6.45, 7) is 6.39. The zero-order valence-electron chi connectivity index (χ0n) is 9.27. The fourth-order valence-electron chi connectivity index (χ4n) is 1.61. The van der Waals surface area contributed by atoms with E-state index in [2.05, 4.69) is 42.0 Å². The molecule has 1 amide bonds. The van der Waals surface area contributed by atoms with Crippen molar-refractivity contribution in [3.63, 3.8) is 0 Å². The van der Waals surface area contributed by atoms with Crippen molar-refractivity contribution in [1.82, 2.24) is 5.32 Å². The Bertz CT molecular complexity index is 219. The van der Waals surface area contributed by atoms with Gasteiger partial charge in [-0.1, -0.05) is 29.8 Å². The minimum Gasteiger partial charge on any atom is -0.351 e. The second kappa shape index (κ2) is 4.65. The van der Waals surface area contributed by atoms with Gasteiger partial charge in [-0.25, -0.2) is 0 Å². The summed E-state index contributed by atoms with van der Waals surface area (Å²) in [4.78, 5) is 11.7. The standard InChI is InChI=1S/C11H20BrNO/c1-4-11(3,5-6-12)13-10(14)9-7-8(9)2/h8-9H,4-7H2,1-3H3,(H,13,14). The molecule has 3 heteroatoms. The Morgan fingerprint density at radius 2 is 2.21 bits per heavy atom. The summed E-state index contributed by atoms with van der Waals surface area (Å²) in [5.74, 6) is 1.14. The fraction of sp³-hybridized carbons (Fsp3) is 0.909. The van der Waals surface area contributed by atoms with Gasteiger partial charge in [-0.05, 0) is 32.1 Å². The molecule has 1 N–H and O–H groups in total. The third-order valence-corrected chi connectivity index (χ3v) is 3.69. The second-order valence-corrected chi connectivity index (χ2v) is 5.45. The van der Waals surface area contributed by atoms with Crippen LogP contribution in [0.2, 0.25) is 0 Å². The van der Waals surface area contributed by atoms with E-state index in [0.717, 1.165) is 24.6 Å². The summed E-state index contributed by atoms with van der Waals surface area (Å²) in [6.07, 6.45) is 3.06. The van der Waals surface area contributed by atoms with E-state index in [-0.39, 0.29) is 17.4 Å². The van der Waals surface area contributed by atoms with E-state index < -0.39 is 0 Å². The molecule has 0 radical (unpaired) electrons. The highest BCUT2D eigenvalue weighted by molar-refractivity contribution is 9.09. The largest absolute Gasteiger partial charge is 0.351 e. The van der Waals surface area contributed by atoms with Gasteiger partial charge in [0.25, 0.3) is 0 Å². The Labute approximate surface area is 95.0 Å². The Morgan fingerprint density at radius 1 is 1.64 bits per heavy atom. The topological polar surface area (TPSA) is 29.1 Å². The Hall–Kier alpha value is -0.0500. The van der Waals surface area contributed by atoms with Gasteiger partial charge in [0.05, 0.1) is 0 Å². The molecule has 1 aliphatic carbocycles. The van der Waals surface area contributed by atoms with Crippen molar-refractivity contribution in [2.45, 2.75) is 45.6 Å². The van der Waals surface area contributed by atoms with Crippen molar-refractivity contribution < 1.29 is 4.79 Å².